The van der Waals surface area contributed by atoms with E-state index in [0.717, 1.165) is 4.57 Å². The zero-order valence-electron chi connectivity index (χ0n) is 12.7. The number of aromatic hydroxyl groups is 1. The molecule has 0 unspecified atom stereocenters. The molecule has 3 aromatic rings. The van der Waals surface area contributed by atoms with Gasteiger partial charge in [0.05, 0.1) is 24.4 Å². The SMILES string of the molecule is O=c1c2ccccc2c(C=NCCO)c(O)n1-c1ccc(F)cc1. The number of rotatable bonds is 4. The summed E-state index contributed by atoms with van der Waals surface area (Å²) >= 11 is 0. The van der Waals surface area contributed by atoms with E-state index in [0.29, 0.717) is 22.0 Å². The first-order valence-corrected chi connectivity index (χ1v) is 7.37. The maximum Gasteiger partial charge on any atom is 0.265 e. The topological polar surface area (TPSA) is 74.8 Å². The number of aliphatic hydroxyl groups is 1. The van der Waals surface area contributed by atoms with Gasteiger partial charge in [-0.25, -0.2) is 8.96 Å². The van der Waals surface area contributed by atoms with Crippen molar-refractivity contribution < 1.29 is 14.6 Å². The van der Waals surface area contributed by atoms with Gasteiger partial charge < -0.3 is 10.2 Å². The Hall–Kier alpha value is -2.99. The van der Waals surface area contributed by atoms with Crippen molar-refractivity contribution in [2.24, 2.45) is 4.99 Å². The largest absolute Gasteiger partial charge is 0.494 e. The molecule has 0 atom stereocenters. The number of halogens is 1. The van der Waals surface area contributed by atoms with E-state index in [-0.39, 0.29) is 19.0 Å². The second-order valence-electron chi connectivity index (χ2n) is 5.16. The van der Waals surface area contributed by atoms with Crippen molar-refractivity contribution in [2.75, 3.05) is 13.2 Å². The number of aliphatic imine (C=N–C) groups is 1. The molecule has 0 bridgehead atoms. The van der Waals surface area contributed by atoms with Crippen molar-refractivity contribution in [3.05, 3.63) is 70.3 Å². The molecule has 1 heterocycles. The van der Waals surface area contributed by atoms with Crippen LogP contribution in [0.25, 0.3) is 16.5 Å². The maximum atomic E-state index is 13.1. The van der Waals surface area contributed by atoms with E-state index >= 15 is 0 Å². The highest BCUT2D eigenvalue weighted by molar-refractivity contribution is 6.01. The predicted molar refractivity (Wildman–Crippen MR) is 90.7 cm³/mol. The highest BCUT2D eigenvalue weighted by Gasteiger charge is 2.16. The van der Waals surface area contributed by atoms with Gasteiger partial charge in [-0.05, 0) is 30.3 Å². The van der Waals surface area contributed by atoms with Crippen LogP contribution in [0.3, 0.4) is 0 Å². The van der Waals surface area contributed by atoms with Crippen LogP contribution in [0.4, 0.5) is 4.39 Å². The zero-order valence-corrected chi connectivity index (χ0v) is 12.7. The lowest BCUT2D eigenvalue weighted by atomic mass is 10.1. The molecule has 0 saturated heterocycles. The fourth-order valence-electron chi connectivity index (χ4n) is 2.53. The Morgan fingerprint density at radius 2 is 1.75 bits per heavy atom. The molecule has 2 aromatic carbocycles. The smallest absolute Gasteiger partial charge is 0.265 e. The van der Waals surface area contributed by atoms with Crippen LogP contribution >= 0.6 is 0 Å². The molecule has 0 aliphatic rings. The van der Waals surface area contributed by atoms with Gasteiger partial charge in [-0.2, -0.15) is 0 Å². The molecule has 2 N–H and O–H groups in total. The maximum absolute atomic E-state index is 13.1. The lowest BCUT2D eigenvalue weighted by Gasteiger charge is -2.13. The number of hydrogen-bond acceptors (Lipinski definition) is 4. The average molecular weight is 326 g/mol. The molecule has 0 amide bonds. The molecule has 122 valence electrons. The Kier molecular flexibility index (Phi) is 4.39. The van der Waals surface area contributed by atoms with Gasteiger partial charge in [0, 0.05) is 17.0 Å². The molecule has 5 nitrogen and oxygen atoms in total. The van der Waals surface area contributed by atoms with Crippen LogP contribution in [0.5, 0.6) is 5.88 Å². The number of pyridine rings is 1. The predicted octanol–water partition coefficient (Wildman–Crippen LogP) is 2.25. The van der Waals surface area contributed by atoms with E-state index in [2.05, 4.69) is 4.99 Å². The van der Waals surface area contributed by atoms with Crippen LogP contribution in [-0.2, 0) is 0 Å². The fourth-order valence-corrected chi connectivity index (χ4v) is 2.53. The summed E-state index contributed by atoms with van der Waals surface area (Å²) in [6.07, 6.45) is 1.42. The molecule has 0 aliphatic carbocycles. The number of fused-ring (bicyclic) bond motifs is 1. The summed E-state index contributed by atoms with van der Waals surface area (Å²) < 4.78 is 14.3. The summed E-state index contributed by atoms with van der Waals surface area (Å²) in [4.78, 5) is 16.8. The summed E-state index contributed by atoms with van der Waals surface area (Å²) in [5.74, 6) is -0.719. The summed E-state index contributed by atoms with van der Waals surface area (Å²) in [5, 5.41) is 20.4. The Labute approximate surface area is 137 Å². The first kappa shape index (κ1) is 15.9. The summed E-state index contributed by atoms with van der Waals surface area (Å²) in [6, 6.07) is 12.1. The summed E-state index contributed by atoms with van der Waals surface area (Å²) in [7, 11) is 0. The minimum atomic E-state index is -0.434. The molecular formula is C18H15FN2O3. The van der Waals surface area contributed by atoms with Crippen molar-refractivity contribution in [2.45, 2.75) is 0 Å². The van der Waals surface area contributed by atoms with E-state index in [1.165, 1.54) is 30.5 Å². The molecule has 0 fully saturated rings. The van der Waals surface area contributed by atoms with Crippen LogP contribution in [-0.4, -0.2) is 34.1 Å². The van der Waals surface area contributed by atoms with Gasteiger partial charge in [0.25, 0.3) is 5.56 Å². The van der Waals surface area contributed by atoms with Gasteiger partial charge in [0.15, 0.2) is 0 Å². The first-order valence-electron chi connectivity index (χ1n) is 7.37. The van der Waals surface area contributed by atoms with Crippen LogP contribution in [0.2, 0.25) is 0 Å². The number of hydrogen-bond donors (Lipinski definition) is 2. The Bertz CT molecular complexity index is 962. The summed E-state index contributed by atoms with van der Waals surface area (Å²) in [5.41, 5.74) is 0.304. The third kappa shape index (κ3) is 2.79. The number of nitrogens with zero attached hydrogens (tertiary/aromatic N) is 2. The van der Waals surface area contributed by atoms with E-state index in [1.807, 2.05) is 0 Å². The van der Waals surface area contributed by atoms with Crippen LogP contribution in [0, 0.1) is 5.82 Å². The standard InChI is InChI=1S/C18H15FN2O3/c19-12-5-7-13(8-6-12)21-17(23)15-4-2-1-3-14(15)16(18(21)24)11-20-9-10-22/h1-8,11,22,24H,9-10H2. The molecule has 0 spiro atoms. The third-order valence-electron chi connectivity index (χ3n) is 3.64. The second kappa shape index (κ2) is 6.64. The highest BCUT2D eigenvalue weighted by atomic mass is 19.1. The average Bonchev–Trinajstić information content (AvgIpc) is 2.60. The van der Waals surface area contributed by atoms with Gasteiger partial charge in [-0.15, -0.1) is 0 Å². The van der Waals surface area contributed by atoms with Gasteiger partial charge in [0.2, 0.25) is 5.88 Å². The Morgan fingerprint density at radius 3 is 2.42 bits per heavy atom. The molecule has 0 aliphatic heterocycles. The van der Waals surface area contributed by atoms with E-state index < -0.39 is 11.4 Å². The molecule has 0 saturated carbocycles. The highest BCUT2D eigenvalue weighted by Crippen LogP contribution is 2.25. The fraction of sp³-hybridized carbons (Fsp3) is 0.111. The first-order chi connectivity index (χ1) is 11.6. The van der Waals surface area contributed by atoms with Crippen molar-refractivity contribution in [3.63, 3.8) is 0 Å². The van der Waals surface area contributed by atoms with Gasteiger partial charge in [-0.3, -0.25) is 9.79 Å². The molecule has 0 radical (unpaired) electrons. The van der Waals surface area contributed by atoms with Crippen molar-refractivity contribution in [3.8, 4) is 11.6 Å². The molecule has 3 rings (SSSR count). The quantitative estimate of drug-likeness (QED) is 0.722. The molecule has 6 heteroatoms. The van der Waals surface area contributed by atoms with E-state index in [9.17, 15) is 14.3 Å². The van der Waals surface area contributed by atoms with Crippen molar-refractivity contribution in [1.29, 1.82) is 0 Å². The lowest BCUT2D eigenvalue weighted by Crippen LogP contribution is -2.20. The monoisotopic (exact) mass is 326 g/mol. The molecule has 24 heavy (non-hydrogen) atoms. The number of benzene rings is 2. The lowest BCUT2D eigenvalue weighted by molar-refractivity contribution is 0.307. The zero-order chi connectivity index (χ0) is 17.1. The third-order valence-corrected chi connectivity index (χ3v) is 3.64. The normalized spacial score (nSPS) is 11.4. The Morgan fingerprint density at radius 1 is 1.08 bits per heavy atom. The van der Waals surface area contributed by atoms with E-state index in [4.69, 9.17) is 5.11 Å². The molecule has 1 aromatic heterocycles. The van der Waals surface area contributed by atoms with Crippen molar-refractivity contribution >= 4 is 17.0 Å². The summed E-state index contributed by atoms with van der Waals surface area (Å²) in [6.45, 7) is 0.0657. The van der Waals surface area contributed by atoms with Crippen LogP contribution in [0.1, 0.15) is 5.56 Å². The van der Waals surface area contributed by atoms with Gasteiger partial charge >= 0.3 is 0 Å². The minimum Gasteiger partial charge on any atom is -0.494 e. The number of aliphatic hydroxyl groups excluding tert-OH is 1. The molecular weight excluding hydrogens is 311 g/mol. The minimum absolute atomic E-state index is 0.118. The van der Waals surface area contributed by atoms with Crippen molar-refractivity contribution in [1.82, 2.24) is 4.57 Å². The van der Waals surface area contributed by atoms with Gasteiger partial charge in [-0.1, -0.05) is 18.2 Å². The van der Waals surface area contributed by atoms with Gasteiger partial charge in [0.1, 0.15) is 5.82 Å². The number of aromatic nitrogens is 1. The second-order valence-corrected chi connectivity index (χ2v) is 5.16. The van der Waals surface area contributed by atoms with E-state index in [1.54, 1.807) is 24.3 Å². The van der Waals surface area contributed by atoms with Crippen LogP contribution < -0.4 is 5.56 Å². The Balaban J connectivity index is 2.33. The van der Waals surface area contributed by atoms with Crippen LogP contribution in [0.15, 0.2) is 58.3 Å².